The first kappa shape index (κ1) is 35.4. The first-order chi connectivity index (χ1) is 11.1. The van der Waals surface area contributed by atoms with Gasteiger partial charge in [-0.3, -0.25) is 0 Å². The third-order valence-electron chi connectivity index (χ3n) is 0.866. The molecule has 0 bridgehead atoms. The molecule has 28 heavy (non-hydrogen) atoms. The fourth-order valence-electron chi connectivity index (χ4n) is 0.530. The molecular formula is C3H6FeO18S6. The third kappa shape index (κ3) is 50.1. The minimum Gasteiger partial charge on any atom is -0.747 e. The van der Waals surface area contributed by atoms with Crippen molar-refractivity contribution in [3.05, 3.63) is 0 Å². The van der Waals surface area contributed by atoms with Crippen LogP contribution in [0.5, 0.6) is 0 Å². The average Bonchev–Trinajstić information content (AvgIpc) is 1.96. The minimum absolute atomic E-state index is 0. The SMILES string of the molecule is O=S(=O)([O-])CS(=O)(=O)[O-].O=S(=O)([O-])CS(=O)(=O)[O-].O=S(=O)([O-])CS(=O)(=O)[O-].[Fe+6]. The maximum absolute atomic E-state index is 9.51. The zero-order chi connectivity index (χ0) is 23.1. The van der Waals surface area contributed by atoms with Gasteiger partial charge in [0.1, 0.15) is 76.0 Å². The zero-order valence-electron chi connectivity index (χ0n) is 12.3. The van der Waals surface area contributed by atoms with Crippen LogP contribution < -0.4 is 0 Å². The molecule has 0 unspecified atom stereocenters. The molecule has 0 aliphatic rings. The summed E-state index contributed by atoms with van der Waals surface area (Å²) in [7, 11) is -29.6. The second-order valence-corrected chi connectivity index (χ2v) is 13.2. The molecule has 0 aromatic heterocycles. The Balaban J connectivity index is -0.000000152. The molecule has 0 aromatic carbocycles. The fraction of sp³-hybridized carbons (Fsp3) is 1.00. The standard InChI is InChI=1S/3CH4O6S2.Fe/c3*2-8(3,4)1-9(5,6)7;/h3*1H2,(H,2,3,4)(H,5,6,7);/q;;;+6/p-6. The van der Waals surface area contributed by atoms with Crippen LogP contribution in [-0.4, -0.2) is 93.1 Å². The number of hydrogen-bond acceptors (Lipinski definition) is 18. The summed E-state index contributed by atoms with van der Waals surface area (Å²) in [6, 6.07) is 0. The maximum Gasteiger partial charge on any atom is 6.00 e. The number of hydrogen-bond donors (Lipinski definition) is 0. The van der Waals surface area contributed by atoms with E-state index in [0.717, 1.165) is 0 Å². The van der Waals surface area contributed by atoms with Gasteiger partial charge >= 0.3 is 17.1 Å². The predicted octanol–water partition coefficient (Wildman–Crippen LogP) is -5.90. The van der Waals surface area contributed by atoms with Gasteiger partial charge in [0.05, 0.1) is 0 Å². The summed E-state index contributed by atoms with van der Waals surface area (Å²) in [6.07, 6.45) is 0. The van der Waals surface area contributed by atoms with Crippen molar-refractivity contribution in [2.75, 3.05) is 15.3 Å². The maximum atomic E-state index is 9.51. The molecule has 170 valence electrons. The quantitative estimate of drug-likeness (QED) is 0.209. The predicted molar refractivity (Wildman–Crippen MR) is 72.8 cm³/mol. The first-order valence-corrected chi connectivity index (χ1v) is 14.2. The molecule has 0 aliphatic carbocycles. The Morgan fingerprint density at radius 3 is 0.393 bits per heavy atom. The summed E-state index contributed by atoms with van der Waals surface area (Å²) in [5.74, 6) is 0. The van der Waals surface area contributed by atoms with E-state index in [0.29, 0.717) is 0 Å². The van der Waals surface area contributed by atoms with Crippen LogP contribution in [0.1, 0.15) is 0 Å². The van der Waals surface area contributed by atoms with E-state index in [1.165, 1.54) is 0 Å². The molecule has 0 fully saturated rings. The molecule has 0 heterocycles. The van der Waals surface area contributed by atoms with Crippen LogP contribution in [0.4, 0.5) is 0 Å². The van der Waals surface area contributed by atoms with E-state index in [-0.39, 0.29) is 17.1 Å². The Morgan fingerprint density at radius 2 is 0.393 bits per heavy atom. The summed E-state index contributed by atoms with van der Waals surface area (Å²) in [5, 5.41) is -5.62. The molecule has 0 aromatic rings. The topological polar surface area (TPSA) is 343 Å². The van der Waals surface area contributed by atoms with Gasteiger partial charge in [-0.1, -0.05) is 0 Å². The van der Waals surface area contributed by atoms with E-state index in [2.05, 4.69) is 0 Å². The molecule has 18 nitrogen and oxygen atoms in total. The summed E-state index contributed by atoms with van der Waals surface area (Å²) >= 11 is 0. The van der Waals surface area contributed by atoms with Crippen LogP contribution in [-0.2, 0) is 77.8 Å². The van der Waals surface area contributed by atoms with Crippen LogP contribution in [0, 0.1) is 0 Å². The average molecular weight is 578 g/mol. The molecule has 0 saturated heterocycles. The molecule has 0 spiro atoms. The molecule has 0 rings (SSSR count). The first-order valence-electron chi connectivity index (χ1n) is 4.73. The second-order valence-electron chi connectivity index (χ2n) is 3.70. The van der Waals surface area contributed by atoms with E-state index >= 15 is 0 Å². The van der Waals surface area contributed by atoms with Crippen molar-refractivity contribution < 1.29 is 94.9 Å². The Labute approximate surface area is 170 Å². The van der Waals surface area contributed by atoms with E-state index in [1.807, 2.05) is 0 Å². The van der Waals surface area contributed by atoms with E-state index in [9.17, 15) is 77.8 Å². The number of rotatable bonds is 6. The van der Waals surface area contributed by atoms with Gasteiger partial charge in [-0.2, -0.15) is 0 Å². The molecule has 25 heteroatoms. The third-order valence-corrected chi connectivity index (χ3v) is 7.79. The van der Waals surface area contributed by atoms with Gasteiger partial charge in [-0.25, -0.2) is 50.5 Å². The Hall–Kier alpha value is -0.0205. The molecular weight excluding hydrogens is 572 g/mol. The summed E-state index contributed by atoms with van der Waals surface area (Å²) in [4.78, 5) is 0. The van der Waals surface area contributed by atoms with Crippen LogP contribution in [0.15, 0.2) is 0 Å². The van der Waals surface area contributed by atoms with Crippen LogP contribution in [0.25, 0.3) is 0 Å². The van der Waals surface area contributed by atoms with E-state index in [1.54, 1.807) is 0 Å². The Bertz CT molecular complexity index is 862. The van der Waals surface area contributed by atoms with Gasteiger partial charge in [-0.05, 0) is 0 Å². The van der Waals surface area contributed by atoms with Crippen molar-refractivity contribution in [1.29, 1.82) is 0 Å². The normalized spacial score (nSPS) is 13.1. The smallest absolute Gasteiger partial charge is 0.747 e. The zero-order valence-corrected chi connectivity index (χ0v) is 18.3. The van der Waals surface area contributed by atoms with Crippen LogP contribution in [0.2, 0.25) is 0 Å². The molecule has 0 radical (unpaired) electrons. The Morgan fingerprint density at radius 1 is 0.321 bits per heavy atom. The van der Waals surface area contributed by atoms with Crippen LogP contribution >= 0.6 is 0 Å². The van der Waals surface area contributed by atoms with Crippen molar-refractivity contribution in [1.82, 2.24) is 0 Å². The molecule has 0 saturated carbocycles. The monoisotopic (exact) mass is 578 g/mol. The van der Waals surface area contributed by atoms with Gasteiger partial charge in [-0.15, -0.1) is 0 Å². The van der Waals surface area contributed by atoms with Crippen molar-refractivity contribution >= 4 is 60.7 Å². The fourth-order valence-corrected chi connectivity index (χ4v) is 4.77. The van der Waals surface area contributed by atoms with E-state index in [4.69, 9.17) is 0 Å². The summed E-state index contributed by atoms with van der Waals surface area (Å²) in [5.41, 5.74) is 0. The van der Waals surface area contributed by atoms with Crippen molar-refractivity contribution in [3.8, 4) is 0 Å². The largest absolute Gasteiger partial charge is 6.00 e. The second kappa shape index (κ2) is 12.0. The minimum atomic E-state index is -4.93. The molecule has 0 aliphatic heterocycles. The molecule has 0 atom stereocenters. The van der Waals surface area contributed by atoms with E-state index < -0.39 is 76.0 Å². The van der Waals surface area contributed by atoms with Gasteiger partial charge in [0.15, 0.2) is 0 Å². The summed E-state index contributed by atoms with van der Waals surface area (Å²) in [6.45, 7) is 0. The molecule has 0 amide bonds. The van der Waals surface area contributed by atoms with Crippen molar-refractivity contribution in [2.24, 2.45) is 0 Å². The van der Waals surface area contributed by atoms with Gasteiger partial charge in [0, 0.05) is 0 Å². The Kier molecular flexibility index (Phi) is 15.2. The molecule has 0 N–H and O–H groups in total. The van der Waals surface area contributed by atoms with Gasteiger partial charge in [0.2, 0.25) is 0 Å². The van der Waals surface area contributed by atoms with Crippen LogP contribution in [0.3, 0.4) is 0 Å². The van der Waals surface area contributed by atoms with Crippen molar-refractivity contribution in [2.45, 2.75) is 0 Å². The van der Waals surface area contributed by atoms with Crippen molar-refractivity contribution in [3.63, 3.8) is 0 Å². The van der Waals surface area contributed by atoms with Gasteiger partial charge in [0.25, 0.3) is 0 Å². The summed E-state index contributed by atoms with van der Waals surface area (Å²) < 4.78 is 171. The van der Waals surface area contributed by atoms with Gasteiger partial charge < -0.3 is 27.3 Å².